The minimum atomic E-state index is -0.546. The third-order valence-corrected chi connectivity index (χ3v) is 2.94. The molecule has 0 aliphatic carbocycles. The molecule has 0 fully saturated rings. The molecule has 0 aliphatic heterocycles. The Balaban J connectivity index is 2.85. The Labute approximate surface area is 124 Å². The summed E-state index contributed by atoms with van der Waals surface area (Å²) < 4.78 is 5.22. The van der Waals surface area contributed by atoms with Crippen LogP contribution in [0.3, 0.4) is 0 Å². The highest BCUT2D eigenvalue weighted by molar-refractivity contribution is 9.10. The number of carbonyl (C=O) groups excluding carboxylic acids is 1. The molecule has 4 heteroatoms. The molecule has 0 atom stereocenters. The second kappa shape index (κ2) is 6.42. The number of ether oxygens (including phenoxy) is 1. The van der Waals surface area contributed by atoms with Crippen LogP contribution in [0.25, 0.3) is 0 Å². The van der Waals surface area contributed by atoms with Crippen molar-refractivity contribution < 1.29 is 9.53 Å². The van der Waals surface area contributed by atoms with Gasteiger partial charge in [-0.1, -0.05) is 34.1 Å². The number of carbonyl (C=O) groups is 1. The van der Waals surface area contributed by atoms with E-state index in [0.717, 1.165) is 11.3 Å². The van der Waals surface area contributed by atoms with Crippen LogP contribution < -0.4 is 4.74 Å². The average Bonchev–Trinajstić information content (AvgIpc) is 2.28. The Kier molecular flexibility index (Phi) is 5.41. The van der Waals surface area contributed by atoms with Crippen molar-refractivity contribution in [2.24, 2.45) is 0 Å². The standard InChI is InChI=1S/C15H22BrNO2/c1-11(2)19-13-9-7-6-8-12(13)10-17(5)14(18)15(3,4)16/h6-9,11H,10H2,1-5H3. The van der Waals surface area contributed by atoms with Gasteiger partial charge in [-0.15, -0.1) is 0 Å². The molecule has 106 valence electrons. The van der Waals surface area contributed by atoms with Gasteiger partial charge in [0, 0.05) is 19.2 Å². The summed E-state index contributed by atoms with van der Waals surface area (Å²) in [7, 11) is 1.80. The van der Waals surface area contributed by atoms with Crippen LogP contribution in [-0.4, -0.2) is 28.3 Å². The summed E-state index contributed by atoms with van der Waals surface area (Å²) >= 11 is 3.39. The summed E-state index contributed by atoms with van der Waals surface area (Å²) in [4.78, 5) is 13.8. The van der Waals surface area contributed by atoms with Crippen molar-refractivity contribution in [3.63, 3.8) is 0 Å². The number of hydrogen-bond donors (Lipinski definition) is 0. The van der Waals surface area contributed by atoms with Gasteiger partial charge in [-0.25, -0.2) is 0 Å². The highest BCUT2D eigenvalue weighted by Crippen LogP contribution is 2.24. The van der Waals surface area contributed by atoms with E-state index < -0.39 is 4.32 Å². The largest absolute Gasteiger partial charge is 0.491 e. The monoisotopic (exact) mass is 327 g/mol. The van der Waals surface area contributed by atoms with Gasteiger partial charge in [0.2, 0.25) is 5.91 Å². The lowest BCUT2D eigenvalue weighted by Gasteiger charge is -2.25. The predicted molar refractivity (Wildman–Crippen MR) is 81.7 cm³/mol. The molecule has 0 saturated carbocycles. The van der Waals surface area contributed by atoms with E-state index in [4.69, 9.17) is 4.74 Å². The normalized spacial score (nSPS) is 11.5. The van der Waals surface area contributed by atoms with Gasteiger partial charge in [-0.3, -0.25) is 4.79 Å². The Morgan fingerprint density at radius 2 is 1.95 bits per heavy atom. The van der Waals surface area contributed by atoms with Crippen LogP contribution >= 0.6 is 15.9 Å². The van der Waals surface area contributed by atoms with Crippen molar-refractivity contribution in [1.82, 2.24) is 4.90 Å². The van der Waals surface area contributed by atoms with E-state index in [0.29, 0.717) is 6.54 Å². The fourth-order valence-corrected chi connectivity index (χ4v) is 2.09. The van der Waals surface area contributed by atoms with Gasteiger partial charge in [0.1, 0.15) is 5.75 Å². The lowest BCUT2D eigenvalue weighted by molar-refractivity contribution is -0.131. The summed E-state index contributed by atoms with van der Waals surface area (Å²) in [6, 6.07) is 7.83. The number of halogens is 1. The van der Waals surface area contributed by atoms with Crippen LogP contribution in [0, 0.1) is 0 Å². The van der Waals surface area contributed by atoms with Crippen LogP contribution in [0.4, 0.5) is 0 Å². The first-order valence-corrected chi connectivity index (χ1v) is 7.20. The molecule has 0 bridgehead atoms. The summed E-state index contributed by atoms with van der Waals surface area (Å²) in [5.74, 6) is 0.886. The smallest absolute Gasteiger partial charge is 0.238 e. The van der Waals surface area contributed by atoms with Crippen LogP contribution in [0.1, 0.15) is 33.3 Å². The van der Waals surface area contributed by atoms with Crippen LogP contribution in [-0.2, 0) is 11.3 Å². The third kappa shape index (κ3) is 4.86. The second-order valence-electron chi connectivity index (χ2n) is 5.41. The first kappa shape index (κ1) is 16.0. The van der Waals surface area contributed by atoms with Crippen LogP contribution in [0.15, 0.2) is 24.3 Å². The minimum absolute atomic E-state index is 0.0480. The molecule has 0 aliphatic rings. The van der Waals surface area contributed by atoms with Gasteiger partial charge in [0.25, 0.3) is 0 Å². The molecule has 0 aromatic heterocycles. The fraction of sp³-hybridized carbons (Fsp3) is 0.533. The van der Waals surface area contributed by atoms with E-state index in [1.807, 2.05) is 52.0 Å². The van der Waals surface area contributed by atoms with Gasteiger partial charge in [-0.05, 0) is 33.8 Å². The average molecular weight is 328 g/mol. The molecule has 0 radical (unpaired) electrons. The van der Waals surface area contributed by atoms with E-state index in [9.17, 15) is 4.79 Å². The Hall–Kier alpha value is -1.03. The second-order valence-corrected chi connectivity index (χ2v) is 7.39. The Morgan fingerprint density at radius 1 is 1.37 bits per heavy atom. The fourth-order valence-electron chi connectivity index (χ4n) is 1.78. The first-order valence-electron chi connectivity index (χ1n) is 6.41. The van der Waals surface area contributed by atoms with Crippen molar-refractivity contribution in [2.75, 3.05) is 7.05 Å². The molecular formula is C15H22BrNO2. The van der Waals surface area contributed by atoms with Gasteiger partial charge in [0.15, 0.2) is 0 Å². The molecule has 0 N–H and O–H groups in total. The van der Waals surface area contributed by atoms with E-state index in [2.05, 4.69) is 15.9 Å². The van der Waals surface area contributed by atoms with E-state index >= 15 is 0 Å². The lowest BCUT2D eigenvalue weighted by Crippen LogP contribution is -2.38. The molecule has 1 amide bonds. The highest BCUT2D eigenvalue weighted by atomic mass is 79.9. The topological polar surface area (TPSA) is 29.5 Å². The van der Waals surface area contributed by atoms with Crippen LogP contribution in [0.5, 0.6) is 5.75 Å². The number of alkyl halides is 1. The molecule has 1 aromatic rings. The quantitative estimate of drug-likeness (QED) is 0.773. The summed E-state index contributed by atoms with van der Waals surface area (Å²) in [6.45, 7) is 8.22. The number of benzene rings is 1. The van der Waals surface area contributed by atoms with Crippen molar-refractivity contribution >= 4 is 21.8 Å². The van der Waals surface area contributed by atoms with Crippen molar-refractivity contribution in [3.05, 3.63) is 29.8 Å². The molecular weight excluding hydrogens is 306 g/mol. The van der Waals surface area contributed by atoms with E-state index in [1.54, 1.807) is 11.9 Å². The zero-order valence-corrected chi connectivity index (χ0v) is 13.8. The zero-order valence-electron chi connectivity index (χ0n) is 12.2. The zero-order chi connectivity index (χ0) is 14.6. The van der Waals surface area contributed by atoms with E-state index in [1.165, 1.54) is 0 Å². The molecule has 1 aromatic carbocycles. The maximum atomic E-state index is 12.1. The summed E-state index contributed by atoms with van der Waals surface area (Å²) in [5.41, 5.74) is 1.02. The predicted octanol–water partition coefficient (Wildman–Crippen LogP) is 3.61. The molecule has 0 saturated heterocycles. The van der Waals surface area contributed by atoms with Gasteiger partial charge < -0.3 is 9.64 Å². The Bertz CT molecular complexity index is 438. The number of rotatable bonds is 5. The third-order valence-electron chi connectivity index (χ3n) is 2.60. The van der Waals surface area contributed by atoms with Crippen molar-refractivity contribution in [1.29, 1.82) is 0 Å². The van der Waals surface area contributed by atoms with Crippen molar-refractivity contribution in [3.8, 4) is 5.75 Å². The summed E-state index contributed by atoms with van der Waals surface area (Å²) in [5, 5.41) is 0. The highest BCUT2D eigenvalue weighted by Gasteiger charge is 2.27. The van der Waals surface area contributed by atoms with Crippen molar-refractivity contribution in [2.45, 2.75) is 44.7 Å². The van der Waals surface area contributed by atoms with E-state index in [-0.39, 0.29) is 12.0 Å². The molecule has 0 spiro atoms. The number of hydrogen-bond acceptors (Lipinski definition) is 2. The van der Waals surface area contributed by atoms with Gasteiger partial charge in [-0.2, -0.15) is 0 Å². The first-order chi connectivity index (χ1) is 8.71. The van der Waals surface area contributed by atoms with Crippen LogP contribution in [0.2, 0.25) is 0 Å². The SMILES string of the molecule is CC(C)Oc1ccccc1CN(C)C(=O)C(C)(C)Br. The molecule has 0 heterocycles. The molecule has 19 heavy (non-hydrogen) atoms. The lowest BCUT2D eigenvalue weighted by atomic mass is 10.1. The molecule has 0 unspecified atom stereocenters. The molecule has 3 nitrogen and oxygen atoms in total. The maximum Gasteiger partial charge on any atom is 0.238 e. The number of nitrogens with zero attached hydrogens (tertiary/aromatic N) is 1. The summed E-state index contributed by atoms with van der Waals surface area (Å²) in [6.07, 6.45) is 0.120. The number of para-hydroxylation sites is 1. The maximum absolute atomic E-state index is 12.1. The molecule has 1 rings (SSSR count). The van der Waals surface area contributed by atoms with Gasteiger partial charge >= 0.3 is 0 Å². The number of amides is 1. The Morgan fingerprint density at radius 3 is 2.47 bits per heavy atom. The minimum Gasteiger partial charge on any atom is -0.491 e. The van der Waals surface area contributed by atoms with Gasteiger partial charge in [0.05, 0.1) is 10.4 Å².